The van der Waals surface area contributed by atoms with E-state index in [1.165, 1.54) is 0 Å². The van der Waals surface area contributed by atoms with Crippen LogP contribution in [0.1, 0.15) is 27.7 Å². The Bertz CT molecular complexity index is 2520. The summed E-state index contributed by atoms with van der Waals surface area (Å²) in [5.74, 6) is 0. The first-order valence-corrected chi connectivity index (χ1v) is 89.7. The van der Waals surface area contributed by atoms with Crippen LogP contribution in [0.5, 0.6) is 0 Å². The number of hydrogen-bond donors (Lipinski definition) is 0. The number of halogens is 12. The summed E-state index contributed by atoms with van der Waals surface area (Å²) in [6, 6.07) is 0. The van der Waals surface area contributed by atoms with Gasteiger partial charge in [-0.1, -0.05) is 335 Å². The van der Waals surface area contributed by atoms with Crippen molar-refractivity contribution in [2.24, 2.45) is 0 Å². The molecule has 2 aliphatic rings. The van der Waals surface area contributed by atoms with Gasteiger partial charge in [0.05, 0.1) is 159 Å². The third-order valence-electron chi connectivity index (χ3n) is 10.4. The number of ether oxygens (including phenoxy) is 14. The van der Waals surface area contributed by atoms with Gasteiger partial charge in [-0.05, 0) is 27.7 Å². The molecule has 0 bridgehead atoms. The van der Waals surface area contributed by atoms with E-state index < -0.39 is 161 Å². The van der Waals surface area contributed by atoms with Crippen LogP contribution < -0.4 is 103 Å². The van der Waals surface area contributed by atoms with Gasteiger partial charge in [-0.15, -0.1) is 0 Å². The smallest absolute Gasteiger partial charge is 0.741 e. The summed E-state index contributed by atoms with van der Waals surface area (Å²) in [7, 11) is -37.6. The molecular weight excluding hydrogens is 2610 g/mol. The predicted octanol–water partition coefficient (Wildman–Crippen LogP) is 14.7. The summed E-state index contributed by atoms with van der Waals surface area (Å²) in [6.07, 6.45) is 0. The van der Waals surface area contributed by atoms with Crippen molar-refractivity contribution < 1.29 is 336 Å². The second-order valence-electron chi connectivity index (χ2n) is 39.2. The maximum Gasteiger partial charge on any atom is 4.00 e. The number of hydrogen-bond acceptors (Lipinski definition) is 26. The van der Waals surface area contributed by atoms with Gasteiger partial charge in [0.1, 0.15) is 0 Å². The molecule has 0 aromatic rings. The molecule has 32 nitrogen and oxygen atoms in total. The maximum absolute atomic E-state index is 10.7. The van der Waals surface area contributed by atoms with Gasteiger partial charge in [0.15, 0.2) is 40.5 Å². The molecular formula is C72H176F12K2N6O26S4Si12U2. The van der Waals surface area contributed by atoms with E-state index in [-0.39, 0.29) is 165 Å². The van der Waals surface area contributed by atoms with E-state index in [1.54, 1.807) is 0 Å². The van der Waals surface area contributed by atoms with Crippen molar-refractivity contribution in [3.8, 4) is 0 Å². The minimum atomic E-state index is -6.09. The van der Waals surface area contributed by atoms with Crippen molar-refractivity contribution in [2.45, 2.75) is 285 Å². The van der Waals surface area contributed by atoms with Crippen LogP contribution in [-0.2, 0) is 107 Å². The van der Waals surface area contributed by atoms with Crippen LogP contribution in [0.25, 0.3) is 27.9 Å². The first kappa shape index (κ1) is 178. The summed E-state index contributed by atoms with van der Waals surface area (Å²) in [6.45, 7) is 108. The maximum atomic E-state index is 10.7. The molecule has 0 N–H and O–H groups in total. The Morgan fingerprint density at radius 2 is 0.250 bits per heavy atom. The van der Waals surface area contributed by atoms with Gasteiger partial charge in [-0.25, -0.2) is 33.7 Å². The quantitative estimate of drug-likeness (QED) is 0.0599. The summed E-state index contributed by atoms with van der Waals surface area (Å²) >= 11 is 0. The van der Waals surface area contributed by atoms with E-state index in [0.717, 1.165) is 26.4 Å². The molecule has 0 atom stereocenters. The fourth-order valence-electron chi connectivity index (χ4n) is 9.08. The van der Waals surface area contributed by atoms with Crippen LogP contribution in [-0.4, -0.2) is 358 Å². The van der Waals surface area contributed by atoms with Crippen molar-refractivity contribution in [3.63, 3.8) is 0 Å². The Kier molecular flexibility index (Phi) is 119. The molecule has 2 saturated heterocycles. The minimum absolute atomic E-state index is 0. The van der Waals surface area contributed by atoms with Crippen LogP contribution in [0.2, 0.25) is 236 Å². The molecule has 0 aromatic carbocycles. The van der Waals surface area contributed by atoms with E-state index in [4.69, 9.17) is 146 Å². The molecule has 0 aliphatic carbocycles. The molecule has 2 fully saturated rings. The Labute approximate surface area is 960 Å². The summed E-state index contributed by atoms with van der Waals surface area (Å²) in [4.78, 5) is 0. The summed E-state index contributed by atoms with van der Waals surface area (Å²) < 4.78 is 338. The van der Waals surface area contributed by atoms with Crippen LogP contribution in [0, 0.1) is 62.2 Å². The Balaban J connectivity index is -0.0000000825. The average Bonchev–Trinajstić information content (AvgIpc) is 0.874. The van der Waals surface area contributed by atoms with Crippen molar-refractivity contribution in [1.82, 2.24) is 0 Å². The topological polar surface area (TPSA) is 443 Å². The molecule has 0 saturated carbocycles. The van der Waals surface area contributed by atoms with Crippen LogP contribution in [0.15, 0.2) is 0 Å². The first-order valence-electron chi connectivity index (χ1n) is 42.7. The molecule has 0 amide bonds. The van der Waals surface area contributed by atoms with Gasteiger partial charge in [0.25, 0.3) is 0 Å². The van der Waals surface area contributed by atoms with Gasteiger partial charge in [-0.3, -0.25) is 0 Å². The van der Waals surface area contributed by atoms with E-state index in [2.05, 4.69) is 236 Å². The fraction of sp³-hybridized carbons (Fsp3) is 1.00. The van der Waals surface area contributed by atoms with Gasteiger partial charge >= 0.3 is 187 Å². The zero-order valence-corrected chi connectivity index (χ0v) is 120. The van der Waals surface area contributed by atoms with E-state index in [1.807, 2.05) is 27.7 Å². The van der Waals surface area contributed by atoms with Gasteiger partial charge in [0, 0.05) is 26.4 Å². The molecule has 64 heteroatoms. The van der Waals surface area contributed by atoms with E-state index in [9.17, 15) is 52.7 Å². The van der Waals surface area contributed by atoms with Crippen molar-refractivity contribution in [2.75, 3.05) is 185 Å². The SMILES string of the molecule is C1COCCOCCOCCOCCOCCO1.C1COCCOCCOCCOCCOCCO1.CCOCC.CCOCC.C[Si](C)(C)[N-][Si](C)(C)C.C[Si](C)(C)[N-][Si](C)(C)C.C[Si](C)(C)[N-][Si](C)(C)C.C[Si](C)(C)[N-][Si](C)(C)C.C[Si](C)(C)[N-][Si](C)(C)C.C[Si](C)(C)[N-][Si](C)(C)C.O=S(=O)([O-])C(F)(F)F.O=S(=O)([O-])C(F)(F)F.O=S(=O)([O-])C(F)(F)F.O=S(=O)([O-])C(F)(F)F.[K+].[K+].[U+4].[U+4]. The zero-order valence-electron chi connectivity index (χ0n) is 90.3. The normalized spacial score (nSPS) is 15.8. The van der Waals surface area contributed by atoms with Crippen LogP contribution in [0.4, 0.5) is 52.7 Å². The van der Waals surface area contributed by atoms with E-state index >= 15 is 0 Å². The molecule has 0 aromatic heterocycles. The van der Waals surface area contributed by atoms with Gasteiger partial charge in [0.2, 0.25) is 0 Å². The molecule has 2 aliphatic heterocycles. The third-order valence-corrected chi connectivity index (χ3v) is 44.9. The molecule has 0 spiro atoms. The Morgan fingerprint density at radius 1 is 0.199 bits per heavy atom. The summed E-state index contributed by atoms with van der Waals surface area (Å²) in [5.41, 5.74) is -22.6. The van der Waals surface area contributed by atoms with E-state index in [0.29, 0.717) is 159 Å². The monoisotopic (exact) mass is 2790 g/mol. The second kappa shape index (κ2) is 91.3. The molecule has 0 radical (unpaired) electrons. The van der Waals surface area contributed by atoms with Crippen molar-refractivity contribution in [1.29, 1.82) is 0 Å². The number of rotatable bonds is 16. The molecule has 816 valence electrons. The fourth-order valence-corrected chi connectivity index (χ4v) is 57.4. The third kappa shape index (κ3) is 194. The second-order valence-corrected chi connectivity index (χ2v) is 102. The minimum Gasteiger partial charge on any atom is -0.741 e. The molecule has 2 heterocycles. The molecule has 2 rings (SSSR count). The van der Waals surface area contributed by atoms with Crippen LogP contribution in [0.3, 0.4) is 0 Å². The van der Waals surface area contributed by atoms with Crippen molar-refractivity contribution in [3.05, 3.63) is 27.9 Å². The van der Waals surface area contributed by atoms with Crippen LogP contribution >= 0.6 is 0 Å². The van der Waals surface area contributed by atoms with Crippen molar-refractivity contribution >= 4 is 139 Å². The number of alkyl halides is 12. The molecule has 136 heavy (non-hydrogen) atoms. The molecule has 0 unspecified atom stereocenters. The standard InChI is InChI=1S/2C12H24O6.6C6H18NSi2.2C4H10O.4CHF3O3S.2K.2U/c2*1-2-14-5-6-16-9-10-18-12-11-17-8-7-15-4-3-13-1;6*1-8(2,3)7-9(4,5)6;2*1-3-5-4-2;4*2-1(3,4)8(5,6)7;;;;/h2*1-12H2;6*1-6H3;2*3-4H2,1-2H3;4*(H,5,6,7);;;;/q;;6*-1;;;;;;;2*+1;2*+4/p-4. The summed E-state index contributed by atoms with van der Waals surface area (Å²) in [5, 5.41) is 0. The average molecular weight is 2790 g/mol. The Hall–Kier alpha value is 5.98. The zero-order chi connectivity index (χ0) is 108. The Morgan fingerprint density at radius 3 is 0.265 bits per heavy atom. The largest absolute Gasteiger partial charge is 4.00 e. The number of nitrogens with zero attached hydrogens (tertiary/aromatic N) is 6. The van der Waals surface area contributed by atoms with Gasteiger partial charge < -0.3 is 112 Å². The first-order chi connectivity index (χ1) is 58.1. The van der Waals surface area contributed by atoms with Gasteiger partial charge in [-0.2, -0.15) is 52.7 Å². The predicted molar refractivity (Wildman–Crippen MR) is 537 cm³/mol.